The van der Waals surface area contributed by atoms with E-state index in [1.54, 1.807) is 0 Å². The summed E-state index contributed by atoms with van der Waals surface area (Å²) in [5, 5.41) is 0. The van der Waals surface area contributed by atoms with E-state index in [2.05, 4.69) is 26.0 Å². The monoisotopic (exact) mass is 430 g/mol. The molecule has 0 saturated heterocycles. The second-order valence-electron chi connectivity index (χ2n) is 8.29. The SMILES string of the molecule is CCCCCCOC(CCCCCCCCC/C=C\CCCl)OCCCCCC. The van der Waals surface area contributed by atoms with Crippen molar-refractivity contribution in [1.82, 2.24) is 0 Å². The average Bonchev–Trinajstić information content (AvgIpc) is 2.73. The van der Waals surface area contributed by atoms with Crippen LogP contribution in [-0.2, 0) is 9.47 Å². The Morgan fingerprint density at radius 2 is 1.07 bits per heavy atom. The first-order chi connectivity index (χ1) is 14.3. The standard InChI is InChI=1S/C26H51ClO2/c1-3-5-7-20-24-28-26(29-25-21-8-6-4-2)22-18-16-14-12-10-9-11-13-15-17-19-23-27/h15,17,26H,3-14,16,18-25H2,1-2H3/b17-15-. The van der Waals surface area contributed by atoms with Crippen LogP contribution in [0.5, 0.6) is 0 Å². The Bertz CT molecular complexity index is 306. The minimum atomic E-state index is 0.0260. The Hall–Kier alpha value is -0.0500. The van der Waals surface area contributed by atoms with Crippen molar-refractivity contribution in [3.63, 3.8) is 0 Å². The maximum absolute atomic E-state index is 6.06. The molecule has 0 aliphatic heterocycles. The van der Waals surface area contributed by atoms with Crippen LogP contribution in [0.4, 0.5) is 0 Å². The lowest BCUT2D eigenvalue weighted by Crippen LogP contribution is -2.19. The predicted molar refractivity (Wildman–Crippen MR) is 130 cm³/mol. The summed E-state index contributed by atoms with van der Waals surface area (Å²) in [7, 11) is 0. The van der Waals surface area contributed by atoms with Gasteiger partial charge in [-0.15, -0.1) is 11.6 Å². The molecule has 0 aliphatic rings. The van der Waals surface area contributed by atoms with Crippen molar-refractivity contribution in [3.8, 4) is 0 Å². The van der Waals surface area contributed by atoms with Gasteiger partial charge in [-0.05, 0) is 44.9 Å². The summed E-state index contributed by atoms with van der Waals surface area (Å²) in [5.74, 6) is 0.741. The topological polar surface area (TPSA) is 18.5 Å². The predicted octanol–water partition coefficient (Wildman–Crippen LogP) is 9.20. The zero-order chi connectivity index (χ0) is 21.3. The van der Waals surface area contributed by atoms with Crippen molar-refractivity contribution in [2.45, 2.75) is 136 Å². The molecule has 0 saturated carbocycles. The molecule has 0 heterocycles. The van der Waals surface area contributed by atoms with Crippen molar-refractivity contribution >= 4 is 11.6 Å². The van der Waals surface area contributed by atoms with E-state index in [1.165, 1.54) is 103 Å². The van der Waals surface area contributed by atoms with E-state index in [0.29, 0.717) is 0 Å². The minimum absolute atomic E-state index is 0.0260. The Labute approximate surface area is 188 Å². The van der Waals surface area contributed by atoms with E-state index in [-0.39, 0.29) is 6.29 Å². The van der Waals surface area contributed by atoms with E-state index < -0.39 is 0 Å². The third-order valence-corrected chi connectivity index (χ3v) is 5.57. The van der Waals surface area contributed by atoms with Crippen LogP contribution in [0.2, 0.25) is 0 Å². The fraction of sp³-hybridized carbons (Fsp3) is 0.923. The summed E-state index contributed by atoms with van der Waals surface area (Å²) in [6.07, 6.45) is 27.2. The molecule has 0 aromatic carbocycles. The normalized spacial score (nSPS) is 11.9. The molecule has 0 bridgehead atoms. The maximum Gasteiger partial charge on any atom is 0.157 e. The van der Waals surface area contributed by atoms with Gasteiger partial charge >= 0.3 is 0 Å². The molecule has 29 heavy (non-hydrogen) atoms. The smallest absolute Gasteiger partial charge is 0.157 e. The molecule has 0 aromatic heterocycles. The lowest BCUT2D eigenvalue weighted by Gasteiger charge is -2.19. The molecule has 0 radical (unpaired) electrons. The number of rotatable bonds is 24. The van der Waals surface area contributed by atoms with Gasteiger partial charge in [-0.25, -0.2) is 0 Å². The van der Waals surface area contributed by atoms with Crippen LogP contribution in [0.15, 0.2) is 12.2 Å². The molecular weight excluding hydrogens is 380 g/mol. The van der Waals surface area contributed by atoms with Gasteiger partial charge in [0.15, 0.2) is 6.29 Å². The molecule has 0 spiro atoms. The van der Waals surface area contributed by atoms with Crippen LogP contribution >= 0.6 is 11.6 Å². The van der Waals surface area contributed by atoms with Gasteiger partial charge in [0.1, 0.15) is 0 Å². The number of hydrogen-bond donors (Lipinski definition) is 0. The van der Waals surface area contributed by atoms with E-state index in [4.69, 9.17) is 21.1 Å². The number of unbranched alkanes of at least 4 members (excludes halogenated alkanes) is 13. The maximum atomic E-state index is 6.06. The van der Waals surface area contributed by atoms with E-state index in [9.17, 15) is 0 Å². The fourth-order valence-electron chi connectivity index (χ4n) is 3.46. The molecule has 0 amide bonds. The highest BCUT2D eigenvalue weighted by atomic mass is 35.5. The quantitative estimate of drug-likeness (QED) is 0.0657. The van der Waals surface area contributed by atoms with E-state index in [0.717, 1.165) is 31.9 Å². The van der Waals surface area contributed by atoms with Crippen LogP contribution < -0.4 is 0 Å². The lowest BCUT2D eigenvalue weighted by molar-refractivity contribution is -0.148. The highest BCUT2D eigenvalue weighted by molar-refractivity contribution is 6.17. The first kappa shape index (κ1) is 28.9. The molecule has 174 valence electrons. The van der Waals surface area contributed by atoms with Gasteiger partial charge in [0.25, 0.3) is 0 Å². The number of allylic oxidation sites excluding steroid dienone is 2. The molecule has 0 atom stereocenters. The average molecular weight is 431 g/mol. The molecule has 0 aliphatic carbocycles. The number of halogens is 1. The summed E-state index contributed by atoms with van der Waals surface area (Å²) >= 11 is 5.66. The molecule has 0 aromatic rings. The zero-order valence-electron chi connectivity index (χ0n) is 19.8. The van der Waals surface area contributed by atoms with Crippen LogP contribution in [0.1, 0.15) is 129 Å². The van der Waals surface area contributed by atoms with Crippen LogP contribution in [0, 0.1) is 0 Å². The summed E-state index contributed by atoms with van der Waals surface area (Å²) in [5.41, 5.74) is 0. The second-order valence-corrected chi connectivity index (χ2v) is 8.67. The molecule has 3 heteroatoms. The van der Waals surface area contributed by atoms with Crippen molar-refractivity contribution in [2.75, 3.05) is 19.1 Å². The zero-order valence-corrected chi connectivity index (χ0v) is 20.5. The third kappa shape index (κ3) is 24.1. The lowest BCUT2D eigenvalue weighted by atomic mass is 10.1. The van der Waals surface area contributed by atoms with Gasteiger partial charge in [0.05, 0.1) is 0 Å². The molecule has 0 N–H and O–H groups in total. The Morgan fingerprint density at radius 1 is 0.586 bits per heavy atom. The summed E-state index contributed by atoms with van der Waals surface area (Å²) in [4.78, 5) is 0. The molecule has 2 nitrogen and oxygen atoms in total. The third-order valence-electron chi connectivity index (χ3n) is 5.36. The summed E-state index contributed by atoms with van der Waals surface area (Å²) in [6.45, 7) is 6.23. The molecular formula is C26H51ClO2. The number of hydrogen-bond acceptors (Lipinski definition) is 2. The first-order valence-corrected chi connectivity index (χ1v) is 13.3. The summed E-state index contributed by atoms with van der Waals surface area (Å²) in [6, 6.07) is 0. The Morgan fingerprint density at radius 3 is 1.62 bits per heavy atom. The van der Waals surface area contributed by atoms with Crippen molar-refractivity contribution in [2.24, 2.45) is 0 Å². The summed E-state index contributed by atoms with van der Waals surface area (Å²) < 4.78 is 12.1. The highest BCUT2D eigenvalue weighted by Crippen LogP contribution is 2.14. The van der Waals surface area contributed by atoms with Crippen LogP contribution in [-0.4, -0.2) is 25.4 Å². The van der Waals surface area contributed by atoms with Gasteiger partial charge in [0, 0.05) is 19.1 Å². The second kappa shape index (κ2) is 26.0. The van der Waals surface area contributed by atoms with E-state index in [1.807, 2.05) is 0 Å². The van der Waals surface area contributed by atoms with Crippen LogP contribution in [0.25, 0.3) is 0 Å². The van der Waals surface area contributed by atoms with Gasteiger partial charge in [-0.2, -0.15) is 0 Å². The van der Waals surface area contributed by atoms with Crippen molar-refractivity contribution < 1.29 is 9.47 Å². The molecule has 0 unspecified atom stereocenters. The molecule has 0 rings (SSSR count). The number of ether oxygens (including phenoxy) is 2. The largest absolute Gasteiger partial charge is 0.353 e. The number of alkyl halides is 1. The molecule has 0 fully saturated rings. The Balaban J connectivity index is 3.68. The van der Waals surface area contributed by atoms with Gasteiger partial charge in [0.2, 0.25) is 0 Å². The van der Waals surface area contributed by atoms with E-state index >= 15 is 0 Å². The fourth-order valence-corrected chi connectivity index (χ4v) is 3.58. The van der Waals surface area contributed by atoms with Crippen molar-refractivity contribution in [3.05, 3.63) is 12.2 Å². The van der Waals surface area contributed by atoms with Crippen LogP contribution in [0.3, 0.4) is 0 Å². The minimum Gasteiger partial charge on any atom is -0.353 e. The van der Waals surface area contributed by atoms with Gasteiger partial charge < -0.3 is 9.47 Å². The Kier molecular flexibility index (Phi) is 25.9. The first-order valence-electron chi connectivity index (χ1n) is 12.8. The van der Waals surface area contributed by atoms with Crippen molar-refractivity contribution in [1.29, 1.82) is 0 Å². The van der Waals surface area contributed by atoms with Gasteiger partial charge in [-0.1, -0.05) is 96.6 Å². The van der Waals surface area contributed by atoms with Gasteiger partial charge in [-0.3, -0.25) is 0 Å². The highest BCUT2D eigenvalue weighted by Gasteiger charge is 2.09.